The molecule has 0 fully saturated rings. The molecule has 2 aromatic carbocycles. The Hall–Kier alpha value is -2.16. The van der Waals surface area contributed by atoms with E-state index in [2.05, 4.69) is 0 Å². The normalized spacial score (nSPS) is 10.2. The molecular weight excluding hydrogens is 243 g/mol. The lowest BCUT2D eigenvalue weighted by atomic mass is 10.1. The Morgan fingerprint density at radius 2 is 1.89 bits per heavy atom. The van der Waals surface area contributed by atoms with Crippen molar-refractivity contribution in [2.75, 3.05) is 6.61 Å². The van der Waals surface area contributed by atoms with Gasteiger partial charge in [-0.1, -0.05) is 36.4 Å². The maximum atomic E-state index is 13.4. The minimum absolute atomic E-state index is 0.00587. The lowest BCUT2D eigenvalue weighted by Gasteiger charge is -2.07. The first kappa shape index (κ1) is 13.3. The fourth-order valence-electron chi connectivity index (χ4n) is 1.74. The highest BCUT2D eigenvalue weighted by molar-refractivity contribution is 5.96. The van der Waals surface area contributed by atoms with E-state index in [1.54, 1.807) is 24.3 Å². The van der Waals surface area contributed by atoms with Crippen molar-refractivity contribution in [3.63, 3.8) is 0 Å². The van der Waals surface area contributed by atoms with Crippen molar-refractivity contribution in [3.8, 4) is 5.75 Å². The summed E-state index contributed by atoms with van der Waals surface area (Å²) in [4.78, 5) is 11.8. The van der Waals surface area contributed by atoms with Crippen molar-refractivity contribution in [1.82, 2.24) is 0 Å². The molecule has 0 saturated heterocycles. The number of carbonyl (C=O) groups excluding carboxylic acids is 1. The van der Waals surface area contributed by atoms with E-state index >= 15 is 0 Å². The fraction of sp³-hybridized carbons (Fsp3) is 0.188. The van der Waals surface area contributed by atoms with E-state index in [0.717, 1.165) is 5.56 Å². The second-order valence-electron chi connectivity index (χ2n) is 4.32. The van der Waals surface area contributed by atoms with Crippen LogP contribution in [-0.2, 0) is 0 Å². The zero-order chi connectivity index (χ0) is 13.7. The van der Waals surface area contributed by atoms with E-state index < -0.39 is 5.82 Å². The number of ether oxygens (including phenoxy) is 1. The Labute approximate surface area is 111 Å². The number of ketones is 1. The largest absolute Gasteiger partial charge is 0.490 e. The molecule has 0 aliphatic carbocycles. The van der Waals surface area contributed by atoms with Crippen molar-refractivity contribution < 1.29 is 13.9 Å². The van der Waals surface area contributed by atoms with Crippen LogP contribution in [0.25, 0.3) is 0 Å². The summed E-state index contributed by atoms with van der Waals surface area (Å²) in [5, 5.41) is 0. The van der Waals surface area contributed by atoms with Crippen molar-refractivity contribution in [2.24, 2.45) is 0 Å². The van der Waals surface area contributed by atoms with Crippen LogP contribution in [0.5, 0.6) is 5.75 Å². The lowest BCUT2D eigenvalue weighted by molar-refractivity contribution is 0.0961. The monoisotopic (exact) mass is 258 g/mol. The molecule has 19 heavy (non-hydrogen) atoms. The van der Waals surface area contributed by atoms with Gasteiger partial charge in [0.05, 0.1) is 6.61 Å². The summed E-state index contributed by atoms with van der Waals surface area (Å²) in [7, 11) is 0. The molecule has 0 atom stereocenters. The molecule has 0 N–H and O–H groups in total. The molecule has 98 valence electrons. The van der Waals surface area contributed by atoms with Gasteiger partial charge in [-0.25, -0.2) is 4.39 Å². The number of hydrogen-bond acceptors (Lipinski definition) is 2. The number of halogens is 1. The molecule has 0 unspecified atom stereocenters. The van der Waals surface area contributed by atoms with Crippen molar-refractivity contribution >= 4 is 5.78 Å². The van der Waals surface area contributed by atoms with Gasteiger partial charge in [0, 0.05) is 12.0 Å². The van der Waals surface area contributed by atoms with Gasteiger partial charge in [0.15, 0.2) is 17.3 Å². The Morgan fingerprint density at radius 3 is 2.63 bits per heavy atom. The van der Waals surface area contributed by atoms with Gasteiger partial charge in [0.25, 0.3) is 0 Å². The van der Waals surface area contributed by atoms with E-state index in [0.29, 0.717) is 5.56 Å². The molecule has 2 nitrogen and oxygen atoms in total. The van der Waals surface area contributed by atoms with Crippen molar-refractivity contribution in [1.29, 1.82) is 0 Å². The predicted octanol–water partition coefficient (Wildman–Crippen LogP) is 3.79. The third-order valence-corrected chi connectivity index (χ3v) is 2.77. The molecule has 0 radical (unpaired) electrons. The van der Waals surface area contributed by atoms with Crippen LogP contribution in [0, 0.1) is 12.7 Å². The van der Waals surface area contributed by atoms with E-state index in [-0.39, 0.29) is 24.6 Å². The summed E-state index contributed by atoms with van der Waals surface area (Å²) >= 11 is 0. The zero-order valence-electron chi connectivity index (χ0n) is 10.7. The minimum Gasteiger partial charge on any atom is -0.490 e. The molecular formula is C16H15FO2. The van der Waals surface area contributed by atoms with Gasteiger partial charge in [0.1, 0.15) is 0 Å². The van der Waals surface area contributed by atoms with Crippen molar-refractivity contribution in [3.05, 3.63) is 65.5 Å². The number of Topliss-reactive ketones (excluding diaryl/α,β-unsaturated/α-hetero) is 1. The first-order valence-electron chi connectivity index (χ1n) is 6.14. The van der Waals surface area contributed by atoms with Gasteiger partial charge >= 0.3 is 0 Å². The molecule has 0 amide bonds. The summed E-state index contributed by atoms with van der Waals surface area (Å²) in [6, 6.07) is 13.7. The third-order valence-electron chi connectivity index (χ3n) is 2.77. The minimum atomic E-state index is -0.405. The Kier molecular flexibility index (Phi) is 4.29. The summed E-state index contributed by atoms with van der Waals surface area (Å²) in [5.74, 6) is -0.215. The average molecular weight is 258 g/mol. The first-order valence-corrected chi connectivity index (χ1v) is 6.14. The molecule has 0 heterocycles. The Balaban J connectivity index is 1.90. The summed E-state index contributed by atoms with van der Waals surface area (Å²) in [6.07, 6.45) is 0.234. The molecule has 2 aromatic rings. The van der Waals surface area contributed by atoms with Crippen LogP contribution in [0.1, 0.15) is 22.3 Å². The first-order chi connectivity index (χ1) is 9.16. The maximum absolute atomic E-state index is 13.4. The number of aryl methyl sites for hydroxylation is 1. The summed E-state index contributed by atoms with van der Waals surface area (Å²) < 4.78 is 18.7. The SMILES string of the molecule is Cc1ccc(F)c(OCCC(=O)c2ccccc2)c1. The van der Waals surface area contributed by atoms with Crippen LogP contribution in [0.3, 0.4) is 0 Å². The van der Waals surface area contributed by atoms with Crippen molar-refractivity contribution in [2.45, 2.75) is 13.3 Å². The highest BCUT2D eigenvalue weighted by atomic mass is 19.1. The molecule has 0 bridgehead atoms. The van der Waals surface area contributed by atoms with E-state index in [4.69, 9.17) is 4.74 Å². The maximum Gasteiger partial charge on any atom is 0.166 e. The van der Waals surface area contributed by atoms with E-state index in [1.165, 1.54) is 6.07 Å². The second kappa shape index (κ2) is 6.14. The van der Waals surface area contributed by atoms with Crippen LogP contribution in [0.15, 0.2) is 48.5 Å². The van der Waals surface area contributed by atoms with Gasteiger partial charge in [-0.15, -0.1) is 0 Å². The molecule has 0 aromatic heterocycles. The number of benzene rings is 2. The number of rotatable bonds is 5. The fourth-order valence-corrected chi connectivity index (χ4v) is 1.74. The van der Waals surface area contributed by atoms with E-state index in [1.807, 2.05) is 25.1 Å². The van der Waals surface area contributed by atoms with E-state index in [9.17, 15) is 9.18 Å². The average Bonchev–Trinajstić information content (AvgIpc) is 2.43. The Bertz CT molecular complexity index is 564. The van der Waals surface area contributed by atoms with Gasteiger partial charge in [-0.3, -0.25) is 4.79 Å². The highest BCUT2D eigenvalue weighted by Gasteiger charge is 2.07. The standard InChI is InChI=1S/C16H15FO2/c1-12-7-8-14(17)16(11-12)19-10-9-15(18)13-5-3-2-4-6-13/h2-8,11H,9-10H2,1H3. The Morgan fingerprint density at radius 1 is 1.16 bits per heavy atom. The summed E-state index contributed by atoms with van der Waals surface area (Å²) in [5.41, 5.74) is 1.57. The van der Waals surface area contributed by atoms with Gasteiger partial charge < -0.3 is 4.74 Å². The molecule has 0 aliphatic rings. The number of carbonyl (C=O) groups is 1. The molecule has 0 spiro atoms. The van der Waals surface area contributed by atoms with Crippen LogP contribution in [0.4, 0.5) is 4.39 Å². The second-order valence-corrected chi connectivity index (χ2v) is 4.32. The van der Waals surface area contributed by atoms with Crippen LogP contribution in [-0.4, -0.2) is 12.4 Å². The highest BCUT2D eigenvalue weighted by Crippen LogP contribution is 2.18. The topological polar surface area (TPSA) is 26.3 Å². The smallest absolute Gasteiger partial charge is 0.166 e. The molecule has 2 rings (SSSR count). The third kappa shape index (κ3) is 3.65. The summed E-state index contributed by atoms with van der Waals surface area (Å²) in [6.45, 7) is 2.04. The van der Waals surface area contributed by atoms with Gasteiger partial charge in [0.2, 0.25) is 0 Å². The lowest BCUT2D eigenvalue weighted by Crippen LogP contribution is -2.07. The molecule has 0 aliphatic heterocycles. The van der Waals surface area contributed by atoms with Gasteiger partial charge in [-0.05, 0) is 24.6 Å². The number of hydrogen-bond donors (Lipinski definition) is 0. The molecule has 3 heteroatoms. The predicted molar refractivity (Wildman–Crippen MR) is 72.0 cm³/mol. The van der Waals surface area contributed by atoms with Crippen LogP contribution in [0.2, 0.25) is 0 Å². The molecule has 0 saturated carbocycles. The quantitative estimate of drug-likeness (QED) is 0.763. The van der Waals surface area contributed by atoms with Crippen LogP contribution >= 0.6 is 0 Å². The van der Waals surface area contributed by atoms with Gasteiger partial charge in [-0.2, -0.15) is 0 Å². The zero-order valence-corrected chi connectivity index (χ0v) is 10.7. The van der Waals surface area contributed by atoms with Crippen LogP contribution < -0.4 is 4.74 Å².